The van der Waals surface area contributed by atoms with Crippen LogP contribution >= 0.6 is 15.9 Å². The lowest BCUT2D eigenvalue weighted by atomic mass is 10.1. The molecule has 3 aromatic rings. The number of benzene rings is 3. The van der Waals surface area contributed by atoms with Crippen LogP contribution in [0.1, 0.15) is 23.6 Å². The Bertz CT molecular complexity index is 1150. The van der Waals surface area contributed by atoms with Gasteiger partial charge in [-0.15, -0.1) is 0 Å². The summed E-state index contributed by atoms with van der Waals surface area (Å²) in [4.78, 5) is 26.1. The zero-order chi connectivity index (χ0) is 25.2. The lowest BCUT2D eigenvalue weighted by Crippen LogP contribution is -2.30. The minimum atomic E-state index is -0.450. The fourth-order valence-electron chi connectivity index (χ4n) is 3.50. The maximum absolute atomic E-state index is 12.6. The molecule has 0 N–H and O–H groups in total. The number of hydrogen-bond acceptors (Lipinski definition) is 6. The molecule has 0 unspecified atom stereocenters. The number of halogens is 1. The first kappa shape index (κ1) is 26.1. The van der Waals surface area contributed by atoms with Gasteiger partial charge in [-0.25, -0.2) is 4.79 Å². The average molecular weight is 542 g/mol. The van der Waals surface area contributed by atoms with E-state index >= 15 is 0 Å². The smallest absolute Gasteiger partial charge is 0.410 e. The predicted molar refractivity (Wildman–Crippen MR) is 136 cm³/mol. The Morgan fingerprint density at radius 2 is 1.60 bits per heavy atom. The molecule has 0 aliphatic rings. The summed E-state index contributed by atoms with van der Waals surface area (Å²) in [7, 11) is 2.91. The van der Waals surface area contributed by atoms with E-state index in [4.69, 9.17) is 18.9 Å². The third-order valence-electron chi connectivity index (χ3n) is 5.13. The largest absolute Gasteiger partial charge is 0.493 e. The summed E-state index contributed by atoms with van der Waals surface area (Å²) in [5.41, 5.74) is 2.47. The first-order chi connectivity index (χ1) is 16.9. The number of methoxy groups -OCH3 is 2. The van der Waals surface area contributed by atoms with E-state index in [1.165, 1.54) is 7.11 Å². The average Bonchev–Trinajstić information content (AvgIpc) is 2.85. The molecule has 0 aliphatic heterocycles. The molecule has 35 heavy (non-hydrogen) atoms. The van der Waals surface area contributed by atoms with Gasteiger partial charge in [-0.2, -0.15) is 0 Å². The molecule has 0 spiro atoms. The van der Waals surface area contributed by atoms with Crippen molar-refractivity contribution in [3.8, 4) is 17.2 Å². The van der Waals surface area contributed by atoms with Crippen molar-refractivity contribution in [3.63, 3.8) is 0 Å². The summed E-state index contributed by atoms with van der Waals surface area (Å²) in [6, 6.07) is 20.5. The first-order valence-electron chi connectivity index (χ1n) is 11.1. The van der Waals surface area contributed by atoms with Gasteiger partial charge in [0.2, 0.25) is 0 Å². The molecule has 0 aromatic heterocycles. The summed E-state index contributed by atoms with van der Waals surface area (Å²) in [6.07, 6.45) is -0.331. The molecule has 0 heterocycles. The Labute approximate surface area is 213 Å². The monoisotopic (exact) mass is 541 g/mol. The zero-order valence-corrected chi connectivity index (χ0v) is 21.5. The van der Waals surface area contributed by atoms with Gasteiger partial charge in [-0.1, -0.05) is 52.3 Å². The fraction of sp³-hybridized carbons (Fsp3) is 0.259. The van der Waals surface area contributed by atoms with Crippen LogP contribution in [0.2, 0.25) is 0 Å². The van der Waals surface area contributed by atoms with Gasteiger partial charge < -0.3 is 18.9 Å². The highest BCUT2D eigenvalue weighted by Crippen LogP contribution is 2.36. The number of amides is 1. The molecular formula is C27H28BrNO6. The molecule has 0 atom stereocenters. The van der Waals surface area contributed by atoms with Gasteiger partial charge >= 0.3 is 12.1 Å². The molecular weight excluding hydrogens is 514 g/mol. The molecule has 184 valence electrons. The van der Waals surface area contributed by atoms with Crippen molar-refractivity contribution < 1.29 is 28.5 Å². The van der Waals surface area contributed by atoms with Gasteiger partial charge in [0.05, 0.1) is 33.8 Å². The van der Waals surface area contributed by atoms with Crippen LogP contribution in [0.15, 0.2) is 71.2 Å². The summed E-state index contributed by atoms with van der Waals surface area (Å²) in [5, 5.41) is 0. The lowest BCUT2D eigenvalue weighted by Gasteiger charge is -2.23. The van der Waals surface area contributed by atoms with Crippen LogP contribution in [0.5, 0.6) is 17.2 Å². The Morgan fingerprint density at radius 1 is 0.857 bits per heavy atom. The van der Waals surface area contributed by atoms with Crippen molar-refractivity contribution in [2.75, 3.05) is 20.8 Å². The highest BCUT2D eigenvalue weighted by Gasteiger charge is 2.19. The maximum Gasteiger partial charge on any atom is 0.410 e. The molecule has 3 rings (SSSR count). The standard InChI is InChI=1S/C27H28BrNO6/c1-4-34-26(30)15-20-10-12-24(32-2)25(14-20)35-23-13-11-22(28)16-21(23)18-29(27(31)33-3)17-19-8-6-5-7-9-19/h5-14,16H,4,15,17-18H2,1-3H3. The molecule has 0 saturated heterocycles. The highest BCUT2D eigenvalue weighted by atomic mass is 79.9. The summed E-state index contributed by atoms with van der Waals surface area (Å²) in [6.45, 7) is 2.71. The van der Waals surface area contributed by atoms with Gasteiger partial charge in [0.25, 0.3) is 0 Å². The van der Waals surface area contributed by atoms with E-state index in [0.29, 0.717) is 30.4 Å². The van der Waals surface area contributed by atoms with Crippen molar-refractivity contribution >= 4 is 28.0 Å². The summed E-state index contributed by atoms with van der Waals surface area (Å²) >= 11 is 3.51. The van der Waals surface area contributed by atoms with E-state index in [-0.39, 0.29) is 18.9 Å². The van der Waals surface area contributed by atoms with E-state index in [0.717, 1.165) is 21.2 Å². The highest BCUT2D eigenvalue weighted by molar-refractivity contribution is 9.10. The molecule has 3 aromatic carbocycles. The normalized spacial score (nSPS) is 10.4. The third kappa shape index (κ3) is 7.48. The SMILES string of the molecule is CCOC(=O)Cc1ccc(OC)c(Oc2ccc(Br)cc2CN(Cc2ccccc2)C(=O)OC)c1. The molecule has 7 nitrogen and oxygen atoms in total. The molecule has 0 saturated carbocycles. The van der Waals surface area contributed by atoms with E-state index in [1.807, 2.05) is 48.5 Å². The number of carbonyl (C=O) groups excluding carboxylic acids is 2. The Hall–Kier alpha value is -3.52. The van der Waals surface area contributed by atoms with Crippen LogP contribution in [0, 0.1) is 0 Å². The second kappa shape index (κ2) is 12.8. The van der Waals surface area contributed by atoms with Gasteiger partial charge in [0.15, 0.2) is 11.5 Å². The maximum atomic E-state index is 12.6. The molecule has 0 aliphatic carbocycles. The third-order valence-corrected chi connectivity index (χ3v) is 5.63. The molecule has 1 amide bonds. The van der Waals surface area contributed by atoms with Crippen molar-refractivity contribution in [2.24, 2.45) is 0 Å². The van der Waals surface area contributed by atoms with Crippen LogP contribution in [0.25, 0.3) is 0 Å². The number of esters is 1. The molecule has 0 fully saturated rings. The number of ether oxygens (including phenoxy) is 4. The zero-order valence-electron chi connectivity index (χ0n) is 20.0. The quantitative estimate of drug-likeness (QED) is 0.287. The fourth-order valence-corrected chi connectivity index (χ4v) is 3.91. The van der Waals surface area contributed by atoms with Crippen molar-refractivity contribution in [2.45, 2.75) is 26.4 Å². The Kier molecular flexibility index (Phi) is 9.55. The van der Waals surface area contributed by atoms with Crippen LogP contribution < -0.4 is 9.47 Å². The van der Waals surface area contributed by atoms with Gasteiger partial charge in [-0.3, -0.25) is 9.69 Å². The predicted octanol–water partition coefficient (Wildman–Crippen LogP) is 6.12. The van der Waals surface area contributed by atoms with E-state index < -0.39 is 6.09 Å². The van der Waals surface area contributed by atoms with E-state index in [9.17, 15) is 9.59 Å². The van der Waals surface area contributed by atoms with Crippen LogP contribution in [-0.4, -0.2) is 37.8 Å². The van der Waals surface area contributed by atoms with Crippen molar-refractivity contribution in [3.05, 3.63) is 87.9 Å². The number of carbonyl (C=O) groups is 2. The topological polar surface area (TPSA) is 74.3 Å². The number of nitrogens with zero attached hydrogens (tertiary/aromatic N) is 1. The second-order valence-electron chi connectivity index (χ2n) is 7.63. The van der Waals surface area contributed by atoms with Gasteiger partial charge in [0, 0.05) is 16.6 Å². The molecule has 0 radical (unpaired) electrons. The van der Waals surface area contributed by atoms with Crippen LogP contribution in [-0.2, 0) is 33.8 Å². The Balaban J connectivity index is 1.90. The minimum Gasteiger partial charge on any atom is -0.493 e. The van der Waals surface area contributed by atoms with E-state index in [1.54, 1.807) is 37.1 Å². The van der Waals surface area contributed by atoms with Crippen molar-refractivity contribution in [1.82, 2.24) is 4.90 Å². The van der Waals surface area contributed by atoms with Crippen molar-refractivity contribution in [1.29, 1.82) is 0 Å². The summed E-state index contributed by atoms with van der Waals surface area (Å²) < 4.78 is 22.6. The molecule has 8 heteroatoms. The van der Waals surface area contributed by atoms with Crippen LogP contribution in [0.4, 0.5) is 4.79 Å². The van der Waals surface area contributed by atoms with Gasteiger partial charge in [-0.05, 0) is 48.4 Å². The Morgan fingerprint density at radius 3 is 2.29 bits per heavy atom. The van der Waals surface area contributed by atoms with E-state index in [2.05, 4.69) is 15.9 Å². The van der Waals surface area contributed by atoms with Gasteiger partial charge in [0.1, 0.15) is 5.75 Å². The summed E-state index contributed by atoms with van der Waals surface area (Å²) in [5.74, 6) is 1.19. The second-order valence-corrected chi connectivity index (χ2v) is 8.55. The number of hydrogen-bond donors (Lipinski definition) is 0. The van der Waals surface area contributed by atoms with Crippen LogP contribution in [0.3, 0.4) is 0 Å². The first-order valence-corrected chi connectivity index (χ1v) is 11.9. The molecule has 0 bridgehead atoms. The lowest BCUT2D eigenvalue weighted by molar-refractivity contribution is -0.142. The minimum absolute atomic E-state index is 0.120. The number of rotatable bonds is 10.